The number of halogens is 3. The number of likely N-dealkylation sites (tertiary alicyclic amines) is 1. The summed E-state index contributed by atoms with van der Waals surface area (Å²) in [7, 11) is 1.63. The Morgan fingerprint density at radius 2 is 1.81 bits per heavy atom. The zero-order valence-corrected chi connectivity index (χ0v) is 18.3. The molecule has 2 aromatic carbocycles. The van der Waals surface area contributed by atoms with Crippen molar-refractivity contribution in [1.29, 1.82) is 0 Å². The monoisotopic (exact) mass is 446 g/mol. The molecule has 1 fully saturated rings. The van der Waals surface area contributed by atoms with Crippen LogP contribution in [-0.2, 0) is 29.4 Å². The predicted molar refractivity (Wildman–Crippen MR) is 117 cm³/mol. The first-order valence-corrected chi connectivity index (χ1v) is 11.2. The Balaban J connectivity index is 1.68. The molecule has 0 aromatic heterocycles. The van der Waals surface area contributed by atoms with E-state index < -0.39 is 17.3 Å². The van der Waals surface area contributed by atoms with Crippen LogP contribution in [0.15, 0.2) is 42.5 Å². The lowest BCUT2D eigenvalue weighted by atomic mass is 9.76. The Morgan fingerprint density at radius 1 is 1.09 bits per heavy atom. The summed E-state index contributed by atoms with van der Waals surface area (Å²) in [5, 5.41) is 3.52. The van der Waals surface area contributed by atoms with Crippen molar-refractivity contribution in [3.05, 3.63) is 64.7 Å². The van der Waals surface area contributed by atoms with Crippen LogP contribution in [0.3, 0.4) is 0 Å². The number of methoxy groups -OCH3 is 1. The second kappa shape index (κ2) is 9.24. The molecule has 0 radical (unpaired) electrons. The summed E-state index contributed by atoms with van der Waals surface area (Å²) in [6, 6.07) is 10.7. The number of rotatable bonds is 6. The number of nitrogens with one attached hydrogen (secondary N) is 1. The standard InChI is InChI=1S/C25H29F3N2O2/c1-32-22-7-5-6-21-20(22)12-13-29-24(21,17-30-14-3-2-4-15-30)23(31)16-18-8-10-19(11-9-18)25(26,27)28/h5-11,29H,2-4,12-17H2,1H3. The molecule has 1 unspecified atom stereocenters. The highest BCUT2D eigenvalue weighted by molar-refractivity contribution is 5.92. The zero-order chi connectivity index (χ0) is 22.8. The van der Waals surface area contributed by atoms with Crippen molar-refractivity contribution >= 4 is 5.78 Å². The van der Waals surface area contributed by atoms with Crippen LogP contribution in [-0.4, -0.2) is 44.0 Å². The fourth-order valence-corrected chi connectivity index (χ4v) is 4.99. The molecule has 0 saturated carbocycles. The van der Waals surface area contributed by atoms with Gasteiger partial charge in [-0.1, -0.05) is 30.7 Å². The number of alkyl halides is 3. The third-order valence-corrected chi connectivity index (χ3v) is 6.65. The average Bonchev–Trinajstić information content (AvgIpc) is 2.79. The van der Waals surface area contributed by atoms with E-state index in [1.807, 2.05) is 18.2 Å². The molecule has 2 aliphatic rings. The number of hydrogen-bond donors (Lipinski definition) is 1. The fraction of sp³-hybridized carbons (Fsp3) is 0.480. The number of fused-ring (bicyclic) bond motifs is 1. The smallest absolute Gasteiger partial charge is 0.416 e. The quantitative estimate of drug-likeness (QED) is 0.716. The van der Waals surface area contributed by atoms with Gasteiger partial charge in [-0.25, -0.2) is 0 Å². The fourth-order valence-electron chi connectivity index (χ4n) is 4.99. The van der Waals surface area contributed by atoms with Gasteiger partial charge in [0.15, 0.2) is 5.78 Å². The number of piperidine rings is 1. The molecule has 1 N–H and O–H groups in total. The molecule has 2 heterocycles. The summed E-state index contributed by atoms with van der Waals surface area (Å²) in [6.07, 6.45) is -0.161. The highest BCUT2D eigenvalue weighted by atomic mass is 19.4. The van der Waals surface area contributed by atoms with Crippen LogP contribution in [0.5, 0.6) is 5.75 Å². The van der Waals surface area contributed by atoms with Crippen molar-refractivity contribution in [2.45, 2.75) is 43.8 Å². The molecule has 7 heteroatoms. The van der Waals surface area contributed by atoms with Crippen LogP contribution in [0.1, 0.15) is 41.5 Å². The highest BCUT2D eigenvalue weighted by Crippen LogP contribution is 2.37. The van der Waals surface area contributed by atoms with Gasteiger partial charge in [-0.15, -0.1) is 0 Å². The first-order valence-electron chi connectivity index (χ1n) is 11.2. The number of hydrogen-bond acceptors (Lipinski definition) is 4. The molecule has 0 spiro atoms. The van der Waals surface area contributed by atoms with Crippen LogP contribution in [0.2, 0.25) is 0 Å². The predicted octanol–water partition coefficient (Wildman–Crippen LogP) is 4.35. The van der Waals surface area contributed by atoms with E-state index in [4.69, 9.17) is 4.74 Å². The zero-order valence-electron chi connectivity index (χ0n) is 18.3. The summed E-state index contributed by atoms with van der Waals surface area (Å²) in [5.41, 5.74) is 0.917. The van der Waals surface area contributed by atoms with E-state index in [2.05, 4.69) is 10.2 Å². The molecule has 0 bridgehead atoms. The number of Topliss-reactive ketones (excluding diaryl/α,β-unsaturated/α-hetero) is 1. The Morgan fingerprint density at radius 3 is 2.47 bits per heavy atom. The molecule has 2 aliphatic heterocycles. The Hall–Kier alpha value is -2.38. The minimum atomic E-state index is -4.39. The second-order valence-electron chi connectivity index (χ2n) is 8.70. The number of carbonyl (C=O) groups excluding carboxylic acids is 1. The maximum atomic E-state index is 13.9. The van der Waals surface area contributed by atoms with Crippen LogP contribution in [0.25, 0.3) is 0 Å². The van der Waals surface area contributed by atoms with Gasteiger partial charge in [0.05, 0.1) is 12.7 Å². The van der Waals surface area contributed by atoms with E-state index in [0.29, 0.717) is 18.7 Å². The van der Waals surface area contributed by atoms with E-state index in [1.54, 1.807) is 7.11 Å². The van der Waals surface area contributed by atoms with Gasteiger partial charge < -0.3 is 9.64 Å². The SMILES string of the molecule is COc1cccc2c1CCNC2(CN1CCCCC1)C(=O)Cc1ccc(C(F)(F)F)cc1. The normalized spacial score (nSPS) is 21.8. The van der Waals surface area contributed by atoms with E-state index in [1.165, 1.54) is 18.6 Å². The first kappa shape index (κ1) is 22.8. The second-order valence-corrected chi connectivity index (χ2v) is 8.70. The van der Waals surface area contributed by atoms with Crippen LogP contribution < -0.4 is 10.1 Å². The van der Waals surface area contributed by atoms with E-state index >= 15 is 0 Å². The number of nitrogens with zero attached hydrogens (tertiary/aromatic N) is 1. The van der Waals surface area contributed by atoms with Gasteiger partial charge in [-0.2, -0.15) is 13.2 Å². The first-order chi connectivity index (χ1) is 15.3. The largest absolute Gasteiger partial charge is 0.496 e. The van der Waals surface area contributed by atoms with Crippen LogP contribution in [0, 0.1) is 0 Å². The van der Waals surface area contributed by atoms with Crippen molar-refractivity contribution in [2.75, 3.05) is 33.3 Å². The van der Waals surface area contributed by atoms with Crippen molar-refractivity contribution in [2.24, 2.45) is 0 Å². The molecule has 2 aromatic rings. The van der Waals surface area contributed by atoms with Gasteiger partial charge in [0.2, 0.25) is 0 Å². The minimum Gasteiger partial charge on any atom is -0.496 e. The number of ether oxygens (including phenoxy) is 1. The molecule has 1 atom stereocenters. The van der Waals surface area contributed by atoms with Gasteiger partial charge >= 0.3 is 6.18 Å². The maximum Gasteiger partial charge on any atom is 0.416 e. The molecule has 172 valence electrons. The Kier molecular flexibility index (Phi) is 6.58. The summed E-state index contributed by atoms with van der Waals surface area (Å²) in [6.45, 7) is 3.07. The molecule has 4 rings (SSSR count). The lowest BCUT2D eigenvalue weighted by molar-refractivity contribution is -0.137. The lowest BCUT2D eigenvalue weighted by Gasteiger charge is -2.43. The van der Waals surface area contributed by atoms with Gasteiger partial charge in [0.1, 0.15) is 11.3 Å². The van der Waals surface area contributed by atoms with Crippen LogP contribution in [0.4, 0.5) is 13.2 Å². The third-order valence-electron chi connectivity index (χ3n) is 6.65. The topological polar surface area (TPSA) is 41.6 Å². The van der Waals surface area contributed by atoms with Crippen molar-refractivity contribution in [3.8, 4) is 5.75 Å². The van der Waals surface area contributed by atoms with Crippen molar-refractivity contribution < 1.29 is 22.7 Å². The number of benzene rings is 2. The molecular formula is C25H29F3N2O2. The average molecular weight is 447 g/mol. The summed E-state index contributed by atoms with van der Waals surface area (Å²) in [4.78, 5) is 16.2. The van der Waals surface area contributed by atoms with Gasteiger partial charge in [0, 0.05) is 25.1 Å². The molecule has 0 amide bonds. The van der Waals surface area contributed by atoms with Gasteiger partial charge in [0.25, 0.3) is 0 Å². The number of ketones is 1. The molecule has 0 aliphatic carbocycles. The summed E-state index contributed by atoms with van der Waals surface area (Å²) >= 11 is 0. The van der Waals surface area contributed by atoms with Gasteiger partial charge in [-0.05, 0) is 61.7 Å². The van der Waals surface area contributed by atoms with Crippen LogP contribution >= 0.6 is 0 Å². The van der Waals surface area contributed by atoms with E-state index in [9.17, 15) is 18.0 Å². The molecule has 1 saturated heterocycles. The molecular weight excluding hydrogens is 417 g/mol. The molecule has 4 nitrogen and oxygen atoms in total. The summed E-state index contributed by atoms with van der Waals surface area (Å²) in [5.74, 6) is 0.742. The summed E-state index contributed by atoms with van der Waals surface area (Å²) < 4.78 is 44.4. The van der Waals surface area contributed by atoms with E-state index in [-0.39, 0.29) is 12.2 Å². The van der Waals surface area contributed by atoms with E-state index in [0.717, 1.165) is 61.4 Å². The minimum absolute atomic E-state index is 0.0305. The highest BCUT2D eigenvalue weighted by Gasteiger charge is 2.45. The van der Waals surface area contributed by atoms with Gasteiger partial charge in [-0.3, -0.25) is 10.1 Å². The van der Waals surface area contributed by atoms with Crippen molar-refractivity contribution in [3.63, 3.8) is 0 Å². The number of carbonyl (C=O) groups is 1. The maximum absolute atomic E-state index is 13.9. The molecule has 32 heavy (non-hydrogen) atoms. The lowest BCUT2D eigenvalue weighted by Crippen LogP contribution is -2.60. The Labute approximate surface area is 186 Å². The van der Waals surface area contributed by atoms with Crippen molar-refractivity contribution in [1.82, 2.24) is 10.2 Å². The Bertz CT molecular complexity index is 953. The third kappa shape index (κ3) is 4.55.